The van der Waals surface area contributed by atoms with Gasteiger partial charge in [-0.3, -0.25) is 9.59 Å². The summed E-state index contributed by atoms with van der Waals surface area (Å²) >= 11 is 0. The van der Waals surface area contributed by atoms with Gasteiger partial charge < -0.3 is 15.2 Å². The minimum atomic E-state index is -0.939. The van der Waals surface area contributed by atoms with Gasteiger partial charge in [-0.1, -0.05) is 24.3 Å². The molecule has 1 saturated heterocycles. The van der Waals surface area contributed by atoms with Gasteiger partial charge in [-0.25, -0.2) is 0 Å². The lowest BCUT2D eigenvalue weighted by Gasteiger charge is -2.21. The summed E-state index contributed by atoms with van der Waals surface area (Å²) in [5, 5.41) is 11.8. The van der Waals surface area contributed by atoms with Crippen LogP contribution in [0, 0.1) is 6.92 Å². The summed E-state index contributed by atoms with van der Waals surface area (Å²) in [7, 11) is 0. The van der Waals surface area contributed by atoms with Crippen LogP contribution < -0.4 is 5.32 Å². The lowest BCUT2D eigenvalue weighted by molar-refractivity contribution is -0.138. The molecule has 1 fully saturated rings. The Kier molecular flexibility index (Phi) is 4.74. The summed E-state index contributed by atoms with van der Waals surface area (Å²) in [4.78, 5) is 23.1. The van der Waals surface area contributed by atoms with Crippen molar-refractivity contribution in [2.24, 2.45) is 0 Å². The van der Waals surface area contributed by atoms with Crippen LogP contribution in [-0.4, -0.2) is 29.7 Å². The number of aryl methyl sites for hydroxylation is 1. The van der Waals surface area contributed by atoms with Gasteiger partial charge in [-0.05, 0) is 30.9 Å². The van der Waals surface area contributed by atoms with Gasteiger partial charge in [0.05, 0.1) is 12.5 Å². The van der Waals surface area contributed by atoms with Crippen molar-refractivity contribution in [2.75, 3.05) is 6.61 Å². The second kappa shape index (κ2) is 6.52. The molecule has 0 bridgehead atoms. The molecule has 2 N–H and O–H groups in total. The summed E-state index contributed by atoms with van der Waals surface area (Å²) in [6.45, 7) is 2.49. The number of aliphatic carboxylic acids is 1. The maximum atomic E-state index is 12.1. The maximum absolute atomic E-state index is 12.1. The van der Waals surface area contributed by atoms with Gasteiger partial charge in [-0.2, -0.15) is 0 Å². The van der Waals surface area contributed by atoms with E-state index in [1.165, 1.54) is 0 Å². The molecule has 0 aliphatic carbocycles. The Morgan fingerprint density at radius 2 is 2.20 bits per heavy atom. The Hall–Kier alpha value is -1.88. The van der Waals surface area contributed by atoms with Gasteiger partial charge in [0.1, 0.15) is 6.10 Å². The highest BCUT2D eigenvalue weighted by Gasteiger charge is 2.27. The topological polar surface area (TPSA) is 75.6 Å². The third-order valence-electron chi connectivity index (χ3n) is 3.48. The highest BCUT2D eigenvalue weighted by molar-refractivity contribution is 5.82. The largest absolute Gasteiger partial charge is 0.481 e. The highest BCUT2D eigenvalue weighted by Crippen LogP contribution is 2.22. The van der Waals surface area contributed by atoms with Crippen LogP contribution in [0.5, 0.6) is 0 Å². The average molecular weight is 277 g/mol. The number of hydrogen-bond donors (Lipinski definition) is 2. The number of amides is 1. The van der Waals surface area contributed by atoms with Crippen LogP contribution >= 0.6 is 0 Å². The van der Waals surface area contributed by atoms with E-state index in [9.17, 15) is 9.59 Å². The Labute approximate surface area is 117 Å². The van der Waals surface area contributed by atoms with Gasteiger partial charge in [0, 0.05) is 6.61 Å². The molecule has 5 nitrogen and oxygen atoms in total. The molecule has 2 atom stereocenters. The summed E-state index contributed by atoms with van der Waals surface area (Å²) in [6.07, 6.45) is 0.977. The lowest BCUT2D eigenvalue weighted by atomic mass is 9.98. The van der Waals surface area contributed by atoms with Crippen molar-refractivity contribution in [3.63, 3.8) is 0 Å². The molecule has 5 heteroatoms. The first kappa shape index (κ1) is 14.5. The Balaban J connectivity index is 2.13. The molecule has 108 valence electrons. The predicted octanol–water partition coefficient (Wildman–Crippen LogP) is 1.81. The minimum absolute atomic E-state index is 0.136. The minimum Gasteiger partial charge on any atom is -0.481 e. The quantitative estimate of drug-likeness (QED) is 0.860. The van der Waals surface area contributed by atoms with E-state index in [-0.39, 0.29) is 12.3 Å². The van der Waals surface area contributed by atoms with Crippen molar-refractivity contribution in [3.05, 3.63) is 35.4 Å². The number of benzene rings is 1. The van der Waals surface area contributed by atoms with Crippen molar-refractivity contribution in [1.82, 2.24) is 5.32 Å². The van der Waals surface area contributed by atoms with Crippen LogP contribution in [0.4, 0.5) is 0 Å². The van der Waals surface area contributed by atoms with Gasteiger partial charge >= 0.3 is 5.97 Å². The molecular weight excluding hydrogens is 258 g/mol. The van der Waals surface area contributed by atoms with E-state index in [1.807, 2.05) is 31.2 Å². The van der Waals surface area contributed by atoms with Crippen LogP contribution in [-0.2, 0) is 14.3 Å². The zero-order valence-corrected chi connectivity index (χ0v) is 11.5. The molecule has 1 aliphatic heterocycles. The van der Waals surface area contributed by atoms with Gasteiger partial charge in [0.25, 0.3) is 0 Å². The second-order valence-corrected chi connectivity index (χ2v) is 5.02. The van der Waals surface area contributed by atoms with Crippen molar-refractivity contribution < 1.29 is 19.4 Å². The van der Waals surface area contributed by atoms with E-state index in [4.69, 9.17) is 9.84 Å². The molecule has 20 heavy (non-hydrogen) atoms. The first-order chi connectivity index (χ1) is 9.58. The molecule has 0 radical (unpaired) electrons. The zero-order chi connectivity index (χ0) is 14.5. The van der Waals surface area contributed by atoms with E-state index in [0.717, 1.165) is 17.5 Å². The zero-order valence-electron chi connectivity index (χ0n) is 11.5. The summed E-state index contributed by atoms with van der Waals surface area (Å²) < 4.78 is 5.33. The molecule has 2 rings (SSSR count). The molecular formula is C15H19NO4. The Bertz CT molecular complexity index is 494. The SMILES string of the molecule is Cc1ccccc1C(CC(=O)O)NC(=O)[C@@H]1CCCO1. The van der Waals surface area contributed by atoms with Gasteiger partial charge in [0.15, 0.2) is 0 Å². The third kappa shape index (κ3) is 3.57. The molecule has 0 aromatic heterocycles. The van der Waals surface area contributed by atoms with Crippen LogP contribution in [0.1, 0.15) is 36.4 Å². The lowest BCUT2D eigenvalue weighted by Crippen LogP contribution is -2.37. The van der Waals surface area contributed by atoms with Crippen LogP contribution in [0.2, 0.25) is 0 Å². The molecule has 1 amide bonds. The summed E-state index contributed by atoms with van der Waals surface area (Å²) in [5.74, 6) is -1.16. The van der Waals surface area contributed by atoms with Gasteiger partial charge in [-0.15, -0.1) is 0 Å². The van der Waals surface area contributed by atoms with E-state index in [2.05, 4.69) is 5.32 Å². The predicted molar refractivity (Wildman–Crippen MR) is 73.3 cm³/mol. The van der Waals surface area contributed by atoms with E-state index in [1.54, 1.807) is 0 Å². The molecule has 0 saturated carbocycles. The van der Waals surface area contributed by atoms with Crippen LogP contribution in [0.15, 0.2) is 24.3 Å². The second-order valence-electron chi connectivity index (χ2n) is 5.02. The van der Waals surface area contributed by atoms with Crippen molar-refractivity contribution in [3.8, 4) is 0 Å². The average Bonchev–Trinajstić information content (AvgIpc) is 2.92. The van der Waals surface area contributed by atoms with E-state index in [0.29, 0.717) is 13.0 Å². The molecule has 1 heterocycles. The van der Waals surface area contributed by atoms with Crippen molar-refractivity contribution in [1.29, 1.82) is 0 Å². The van der Waals surface area contributed by atoms with Gasteiger partial charge in [0.2, 0.25) is 5.91 Å². The number of nitrogens with one attached hydrogen (secondary N) is 1. The van der Waals surface area contributed by atoms with Crippen molar-refractivity contribution >= 4 is 11.9 Å². The fourth-order valence-corrected chi connectivity index (χ4v) is 2.44. The van der Waals surface area contributed by atoms with Crippen molar-refractivity contribution in [2.45, 2.75) is 38.3 Å². The standard InChI is InChI=1S/C15H19NO4/c1-10-5-2-3-6-11(10)12(9-14(17)18)16-15(19)13-7-4-8-20-13/h2-3,5-6,12-13H,4,7-9H2,1H3,(H,16,19)(H,17,18)/t12?,13-/m0/s1. The number of carboxylic acid groups (broad SMARTS) is 1. The normalized spacial score (nSPS) is 19.6. The number of carbonyl (C=O) groups excluding carboxylic acids is 1. The maximum Gasteiger partial charge on any atom is 0.305 e. The summed E-state index contributed by atoms with van der Waals surface area (Å²) in [5.41, 5.74) is 1.80. The number of ether oxygens (including phenoxy) is 1. The molecule has 1 aromatic rings. The fraction of sp³-hybridized carbons (Fsp3) is 0.467. The van der Waals surface area contributed by atoms with E-state index >= 15 is 0 Å². The highest BCUT2D eigenvalue weighted by atomic mass is 16.5. The molecule has 1 aliphatic rings. The first-order valence-electron chi connectivity index (χ1n) is 6.77. The first-order valence-corrected chi connectivity index (χ1v) is 6.77. The van der Waals surface area contributed by atoms with E-state index < -0.39 is 18.1 Å². The fourth-order valence-electron chi connectivity index (χ4n) is 2.44. The molecule has 0 spiro atoms. The summed E-state index contributed by atoms with van der Waals surface area (Å²) in [6, 6.07) is 6.96. The Morgan fingerprint density at radius 3 is 2.80 bits per heavy atom. The molecule has 1 aromatic carbocycles. The number of carboxylic acids is 1. The number of carbonyl (C=O) groups is 2. The van der Waals surface area contributed by atoms with Crippen LogP contribution in [0.25, 0.3) is 0 Å². The molecule has 1 unspecified atom stereocenters. The monoisotopic (exact) mass is 277 g/mol. The Morgan fingerprint density at radius 1 is 1.45 bits per heavy atom. The smallest absolute Gasteiger partial charge is 0.305 e. The number of rotatable bonds is 5. The number of hydrogen-bond acceptors (Lipinski definition) is 3. The van der Waals surface area contributed by atoms with Crippen LogP contribution in [0.3, 0.4) is 0 Å². The third-order valence-corrected chi connectivity index (χ3v) is 3.48.